The fourth-order valence-corrected chi connectivity index (χ4v) is 0.642. The second-order valence-electron chi connectivity index (χ2n) is 1.87. The number of benzene rings is 1. The minimum atomic E-state index is -0.398. The van der Waals surface area contributed by atoms with Crippen molar-refractivity contribution in [3.05, 3.63) is 35.6 Å². The Hall–Kier alpha value is -1.38. The molecular weight excluding hydrogens is 145 g/mol. The van der Waals surface area contributed by atoms with Crippen LogP contribution < -0.4 is 0 Å². The highest BCUT2D eigenvalue weighted by Gasteiger charge is 1.90. The van der Waals surface area contributed by atoms with Crippen LogP contribution in [0.15, 0.2) is 23.4 Å². The molecule has 0 aliphatic rings. The van der Waals surface area contributed by atoms with Crippen molar-refractivity contribution < 1.29 is 9.23 Å². The van der Waals surface area contributed by atoms with Gasteiger partial charge in [-0.25, -0.2) is 4.39 Å². The van der Waals surface area contributed by atoms with Gasteiger partial charge in [-0.3, -0.25) is 0 Å². The molecule has 1 radical (unpaired) electrons. The summed E-state index contributed by atoms with van der Waals surface area (Å²) in [6.07, 6.45) is 1.39. The predicted molar refractivity (Wildman–Crippen MR) is 39.8 cm³/mol. The first kappa shape index (κ1) is 7.72. The lowest BCUT2D eigenvalue weighted by Gasteiger charge is -1.90. The Morgan fingerprint density at radius 1 is 1.64 bits per heavy atom. The number of nitrogens with zero attached hydrogens (tertiary/aromatic N) is 1. The van der Waals surface area contributed by atoms with E-state index in [0.717, 1.165) is 0 Å². The van der Waals surface area contributed by atoms with Crippen molar-refractivity contribution in [3.8, 4) is 0 Å². The highest BCUT2D eigenvalue weighted by Crippen LogP contribution is 1.98. The van der Waals surface area contributed by atoms with Crippen molar-refractivity contribution >= 4 is 6.21 Å². The van der Waals surface area contributed by atoms with Gasteiger partial charge in [0.2, 0.25) is 0 Å². The molecule has 0 unspecified atom stereocenters. The SMILES string of the molecule is CO/N=C/c1[c]c(F)ccc1. The second-order valence-corrected chi connectivity index (χ2v) is 1.87. The molecule has 57 valence electrons. The zero-order valence-electron chi connectivity index (χ0n) is 6.04. The van der Waals surface area contributed by atoms with Crippen LogP contribution in [0.2, 0.25) is 0 Å². The van der Waals surface area contributed by atoms with E-state index in [2.05, 4.69) is 16.1 Å². The molecule has 0 aliphatic carbocycles. The normalized spacial score (nSPS) is 10.4. The van der Waals surface area contributed by atoms with Crippen LogP contribution >= 0.6 is 0 Å². The fourth-order valence-electron chi connectivity index (χ4n) is 0.642. The van der Waals surface area contributed by atoms with Crippen molar-refractivity contribution in [3.63, 3.8) is 0 Å². The quantitative estimate of drug-likeness (QED) is 0.466. The van der Waals surface area contributed by atoms with Gasteiger partial charge in [-0.05, 0) is 6.07 Å². The molecule has 0 heterocycles. The molecule has 0 saturated heterocycles. The van der Waals surface area contributed by atoms with Crippen LogP contribution in [0, 0.1) is 11.9 Å². The zero-order chi connectivity index (χ0) is 8.10. The molecule has 0 spiro atoms. The van der Waals surface area contributed by atoms with Gasteiger partial charge in [-0.15, -0.1) is 0 Å². The third-order valence-corrected chi connectivity index (χ3v) is 1.08. The van der Waals surface area contributed by atoms with Gasteiger partial charge in [0.25, 0.3) is 0 Å². The van der Waals surface area contributed by atoms with E-state index in [9.17, 15) is 4.39 Å². The molecule has 1 aromatic carbocycles. The summed E-state index contributed by atoms with van der Waals surface area (Å²) in [5, 5.41) is 3.46. The number of rotatable bonds is 2. The van der Waals surface area contributed by atoms with Gasteiger partial charge in [0.1, 0.15) is 12.9 Å². The van der Waals surface area contributed by atoms with Gasteiger partial charge < -0.3 is 4.84 Å². The first-order chi connectivity index (χ1) is 5.33. The first-order valence-electron chi connectivity index (χ1n) is 3.07. The number of hydrogen-bond donors (Lipinski definition) is 0. The van der Waals surface area contributed by atoms with E-state index in [1.165, 1.54) is 19.4 Å². The van der Waals surface area contributed by atoms with Crippen LogP contribution in [0.4, 0.5) is 4.39 Å². The Labute approximate surface area is 64.3 Å². The maximum absolute atomic E-state index is 12.4. The van der Waals surface area contributed by atoms with Crippen molar-refractivity contribution in [2.45, 2.75) is 0 Å². The highest BCUT2D eigenvalue weighted by atomic mass is 19.1. The minimum Gasteiger partial charge on any atom is -0.399 e. The monoisotopic (exact) mass is 152 g/mol. The molecule has 11 heavy (non-hydrogen) atoms. The van der Waals surface area contributed by atoms with Crippen LogP contribution in [0.5, 0.6) is 0 Å². The van der Waals surface area contributed by atoms with Gasteiger partial charge in [0.15, 0.2) is 0 Å². The molecule has 1 aromatic rings. The summed E-state index contributed by atoms with van der Waals surface area (Å²) in [5.74, 6) is -0.398. The maximum Gasteiger partial charge on any atom is 0.131 e. The Balaban J connectivity index is 2.79. The molecule has 0 atom stereocenters. The molecule has 0 saturated carbocycles. The van der Waals surface area contributed by atoms with Crippen LogP contribution in [-0.4, -0.2) is 13.3 Å². The van der Waals surface area contributed by atoms with E-state index in [4.69, 9.17) is 0 Å². The van der Waals surface area contributed by atoms with Crippen molar-refractivity contribution in [1.82, 2.24) is 0 Å². The van der Waals surface area contributed by atoms with E-state index >= 15 is 0 Å². The molecule has 1 rings (SSSR count). The predicted octanol–water partition coefficient (Wildman–Crippen LogP) is 1.61. The third-order valence-electron chi connectivity index (χ3n) is 1.08. The van der Waals surface area contributed by atoms with Gasteiger partial charge in [-0.2, -0.15) is 0 Å². The number of hydrogen-bond acceptors (Lipinski definition) is 2. The summed E-state index contributed by atoms with van der Waals surface area (Å²) < 4.78 is 12.4. The largest absolute Gasteiger partial charge is 0.399 e. The van der Waals surface area contributed by atoms with Crippen LogP contribution in [0.25, 0.3) is 0 Å². The molecule has 3 heteroatoms. The molecule has 0 amide bonds. The molecule has 0 fully saturated rings. The number of oxime groups is 1. The standard InChI is InChI=1S/C8H7FNO/c1-11-10-6-7-3-2-4-8(9)5-7/h2-4,6H,1H3/b10-6+. The van der Waals surface area contributed by atoms with E-state index in [-0.39, 0.29) is 0 Å². The molecule has 0 aliphatic heterocycles. The lowest BCUT2D eigenvalue weighted by molar-refractivity contribution is 0.215. The summed E-state index contributed by atoms with van der Waals surface area (Å²) >= 11 is 0. The van der Waals surface area contributed by atoms with Crippen LogP contribution in [-0.2, 0) is 4.84 Å². The van der Waals surface area contributed by atoms with Gasteiger partial charge >= 0.3 is 0 Å². The summed E-state index contributed by atoms with van der Waals surface area (Å²) in [6, 6.07) is 7.04. The average molecular weight is 152 g/mol. The van der Waals surface area contributed by atoms with E-state index in [0.29, 0.717) is 5.56 Å². The molecule has 0 bridgehead atoms. The van der Waals surface area contributed by atoms with E-state index in [1.54, 1.807) is 12.1 Å². The Morgan fingerprint density at radius 2 is 2.45 bits per heavy atom. The molecule has 0 N–H and O–H groups in total. The third kappa shape index (κ3) is 2.37. The second kappa shape index (κ2) is 3.71. The van der Waals surface area contributed by atoms with Crippen molar-refractivity contribution in [2.75, 3.05) is 7.11 Å². The topological polar surface area (TPSA) is 21.6 Å². The Bertz CT molecular complexity index is 260. The smallest absolute Gasteiger partial charge is 0.131 e. The van der Waals surface area contributed by atoms with E-state index in [1.807, 2.05) is 0 Å². The average Bonchev–Trinajstić information content (AvgIpc) is 2.01. The van der Waals surface area contributed by atoms with Crippen molar-refractivity contribution in [2.24, 2.45) is 5.16 Å². The summed E-state index contributed by atoms with van der Waals surface area (Å²) in [4.78, 5) is 4.41. The lowest BCUT2D eigenvalue weighted by atomic mass is 10.2. The Morgan fingerprint density at radius 3 is 3.09 bits per heavy atom. The summed E-state index contributed by atoms with van der Waals surface area (Å²) in [5.41, 5.74) is 0.562. The molecule has 0 aromatic heterocycles. The molecular formula is C8H7FNO. The fraction of sp³-hybridized carbons (Fsp3) is 0.125. The minimum absolute atomic E-state index is 0.398. The van der Waals surface area contributed by atoms with Crippen LogP contribution in [0.3, 0.4) is 0 Å². The van der Waals surface area contributed by atoms with Crippen LogP contribution in [0.1, 0.15) is 5.56 Å². The van der Waals surface area contributed by atoms with Gasteiger partial charge in [-0.1, -0.05) is 17.3 Å². The van der Waals surface area contributed by atoms with Crippen molar-refractivity contribution in [1.29, 1.82) is 0 Å². The Kier molecular flexibility index (Phi) is 2.60. The van der Waals surface area contributed by atoms with Gasteiger partial charge in [0.05, 0.1) is 6.21 Å². The summed E-state index contributed by atoms with van der Waals surface area (Å²) in [6.45, 7) is 0. The lowest BCUT2D eigenvalue weighted by Crippen LogP contribution is -1.83. The first-order valence-corrected chi connectivity index (χ1v) is 3.07. The van der Waals surface area contributed by atoms with E-state index < -0.39 is 5.82 Å². The molecule has 2 nitrogen and oxygen atoms in total. The summed E-state index contributed by atoms with van der Waals surface area (Å²) in [7, 11) is 1.43. The zero-order valence-corrected chi connectivity index (χ0v) is 6.04. The highest BCUT2D eigenvalue weighted by molar-refractivity contribution is 5.78. The number of halogens is 1. The maximum atomic E-state index is 12.4. The van der Waals surface area contributed by atoms with Gasteiger partial charge in [0, 0.05) is 11.6 Å².